The molecule has 2 aliphatic rings. The van der Waals surface area contributed by atoms with Crippen LogP contribution in [0, 0.1) is 17.8 Å². The Bertz CT molecular complexity index is 1130. The van der Waals surface area contributed by atoms with Crippen molar-refractivity contribution in [3.8, 4) is 5.75 Å². The van der Waals surface area contributed by atoms with Gasteiger partial charge in [0.2, 0.25) is 5.91 Å². The Kier molecular flexibility index (Phi) is 7.36. The molecule has 2 aromatic rings. The van der Waals surface area contributed by atoms with Gasteiger partial charge in [-0.3, -0.25) is 9.52 Å². The van der Waals surface area contributed by atoms with Crippen LogP contribution in [0.2, 0.25) is 0 Å². The standard InChI is InChI=1S/C26H35N3O4S/c1-4-29(5-2)23-13-12-21(27-26(30)16-20-15-18-10-11-19(20)14-18)17-25(23)34(31,32)28-22-8-6-7-9-24(22)33-3/h6-9,12-13,17-20,28H,4-5,10-11,14-16H2,1-3H3,(H,27,30)/t18-,19-,20-/m0/s1. The van der Waals surface area contributed by atoms with E-state index < -0.39 is 10.0 Å². The number of hydrogen-bond acceptors (Lipinski definition) is 5. The third-order valence-electron chi connectivity index (χ3n) is 7.32. The fourth-order valence-electron chi connectivity index (χ4n) is 5.64. The monoisotopic (exact) mass is 485 g/mol. The lowest BCUT2D eigenvalue weighted by atomic mass is 9.86. The third kappa shape index (κ3) is 5.17. The number of rotatable bonds is 10. The molecule has 2 saturated carbocycles. The van der Waals surface area contributed by atoms with Crippen LogP contribution >= 0.6 is 0 Å². The fraction of sp³-hybridized carbons (Fsp3) is 0.500. The lowest BCUT2D eigenvalue weighted by Gasteiger charge is -2.25. The highest BCUT2D eigenvalue weighted by Crippen LogP contribution is 2.49. The van der Waals surface area contributed by atoms with Gasteiger partial charge < -0.3 is 15.0 Å². The maximum atomic E-state index is 13.5. The van der Waals surface area contributed by atoms with E-state index in [0.29, 0.717) is 54.2 Å². The molecule has 1 amide bonds. The maximum absolute atomic E-state index is 13.5. The first kappa shape index (κ1) is 24.4. The molecular formula is C26H35N3O4S. The van der Waals surface area contributed by atoms with E-state index in [1.807, 2.05) is 18.7 Å². The SMILES string of the molecule is CCN(CC)c1ccc(NC(=O)C[C@@H]2C[C@H]3CC[C@H]2C3)cc1S(=O)(=O)Nc1ccccc1OC. The van der Waals surface area contributed by atoms with Crippen molar-refractivity contribution in [2.75, 3.05) is 35.1 Å². The van der Waals surface area contributed by atoms with E-state index in [9.17, 15) is 13.2 Å². The summed E-state index contributed by atoms with van der Waals surface area (Å²) >= 11 is 0. The van der Waals surface area contributed by atoms with Crippen molar-refractivity contribution in [3.05, 3.63) is 42.5 Å². The van der Waals surface area contributed by atoms with Gasteiger partial charge in [-0.15, -0.1) is 0 Å². The van der Waals surface area contributed by atoms with Crippen LogP contribution in [-0.2, 0) is 14.8 Å². The quantitative estimate of drug-likeness (QED) is 0.488. The highest BCUT2D eigenvalue weighted by atomic mass is 32.2. The number of anilines is 3. The van der Waals surface area contributed by atoms with E-state index in [4.69, 9.17) is 4.74 Å². The van der Waals surface area contributed by atoms with Crippen molar-refractivity contribution in [1.82, 2.24) is 0 Å². The Morgan fingerprint density at radius 1 is 1.09 bits per heavy atom. The molecule has 0 saturated heterocycles. The predicted octanol–water partition coefficient (Wildman–Crippen LogP) is 5.11. The molecule has 7 nitrogen and oxygen atoms in total. The highest BCUT2D eigenvalue weighted by molar-refractivity contribution is 7.93. The summed E-state index contributed by atoms with van der Waals surface area (Å²) in [6.45, 7) is 5.28. The van der Waals surface area contributed by atoms with Gasteiger partial charge in [-0.1, -0.05) is 18.6 Å². The summed E-state index contributed by atoms with van der Waals surface area (Å²) in [6, 6.07) is 12.0. The van der Waals surface area contributed by atoms with E-state index in [0.717, 1.165) is 12.3 Å². The topological polar surface area (TPSA) is 87.7 Å². The number of carbonyl (C=O) groups excluding carboxylic acids is 1. The van der Waals surface area contributed by atoms with Gasteiger partial charge in [-0.25, -0.2) is 8.42 Å². The van der Waals surface area contributed by atoms with Crippen molar-refractivity contribution in [2.45, 2.75) is 50.8 Å². The molecule has 0 heterocycles. The highest BCUT2D eigenvalue weighted by Gasteiger charge is 2.40. The first-order valence-corrected chi connectivity index (χ1v) is 13.7. The average molecular weight is 486 g/mol. The number of fused-ring (bicyclic) bond motifs is 2. The number of para-hydroxylation sites is 2. The van der Waals surface area contributed by atoms with Crippen LogP contribution in [0.25, 0.3) is 0 Å². The molecule has 8 heteroatoms. The Balaban J connectivity index is 1.59. The molecule has 2 aromatic carbocycles. The zero-order valence-corrected chi connectivity index (χ0v) is 21.0. The smallest absolute Gasteiger partial charge is 0.264 e. The van der Waals surface area contributed by atoms with Gasteiger partial charge in [0.25, 0.3) is 10.0 Å². The van der Waals surface area contributed by atoms with Crippen LogP contribution in [0.3, 0.4) is 0 Å². The number of nitrogens with zero attached hydrogens (tertiary/aromatic N) is 1. The number of ether oxygens (including phenoxy) is 1. The van der Waals surface area contributed by atoms with Crippen molar-refractivity contribution in [1.29, 1.82) is 0 Å². The summed E-state index contributed by atoms with van der Waals surface area (Å²) in [5.74, 6) is 2.29. The van der Waals surface area contributed by atoms with Gasteiger partial charge in [0.05, 0.1) is 18.5 Å². The average Bonchev–Trinajstić information content (AvgIpc) is 3.44. The molecule has 0 radical (unpaired) electrons. The minimum atomic E-state index is -3.95. The fourth-order valence-corrected chi connectivity index (χ4v) is 6.96. The van der Waals surface area contributed by atoms with E-state index >= 15 is 0 Å². The molecule has 184 valence electrons. The third-order valence-corrected chi connectivity index (χ3v) is 8.72. The summed E-state index contributed by atoms with van der Waals surface area (Å²) in [7, 11) is -2.45. The molecule has 34 heavy (non-hydrogen) atoms. The van der Waals surface area contributed by atoms with Gasteiger partial charge >= 0.3 is 0 Å². The maximum Gasteiger partial charge on any atom is 0.264 e. The molecule has 2 fully saturated rings. The summed E-state index contributed by atoms with van der Waals surface area (Å²) in [4.78, 5) is 14.9. The Morgan fingerprint density at radius 3 is 2.50 bits per heavy atom. The summed E-state index contributed by atoms with van der Waals surface area (Å²) in [5.41, 5.74) is 1.45. The number of amides is 1. The van der Waals surface area contributed by atoms with Crippen LogP contribution in [0.1, 0.15) is 46.0 Å². The van der Waals surface area contributed by atoms with E-state index in [1.54, 1.807) is 42.5 Å². The van der Waals surface area contributed by atoms with Crippen LogP contribution < -0.4 is 19.7 Å². The van der Waals surface area contributed by atoms with Crippen molar-refractivity contribution >= 4 is 33.0 Å². The Hall–Kier alpha value is -2.74. The van der Waals surface area contributed by atoms with Gasteiger partial charge in [0.15, 0.2) is 0 Å². The van der Waals surface area contributed by atoms with Gasteiger partial charge in [0.1, 0.15) is 10.6 Å². The number of hydrogen-bond donors (Lipinski definition) is 2. The van der Waals surface area contributed by atoms with Gasteiger partial charge in [0, 0.05) is 25.2 Å². The Labute approximate surface area is 202 Å². The van der Waals surface area contributed by atoms with E-state index in [1.165, 1.54) is 26.4 Å². The second-order valence-electron chi connectivity index (χ2n) is 9.35. The molecular weight excluding hydrogens is 450 g/mol. The molecule has 0 unspecified atom stereocenters. The van der Waals surface area contributed by atoms with Crippen LogP contribution in [0.15, 0.2) is 47.4 Å². The molecule has 2 bridgehead atoms. The lowest BCUT2D eigenvalue weighted by Crippen LogP contribution is -2.26. The Morgan fingerprint density at radius 2 is 1.85 bits per heavy atom. The van der Waals surface area contributed by atoms with Crippen LogP contribution in [0.5, 0.6) is 5.75 Å². The number of nitrogens with one attached hydrogen (secondary N) is 2. The predicted molar refractivity (Wildman–Crippen MR) is 136 cm³/mol. The van der Waals surface area contributed by atoms with Crippen molar-refractivity contribution < 1.29 is 17.9 Å². The number of benzene rings is 2. The summed E-state index contributed by atoms with van der Waals surface area (Å²) < 4.78 is 35.0. The second kappa shape index (κ2) is 10.3. The molecule has 0 aliphatic heterocycles. The van der Waals surface area contributed by atoms with Crippen LogP contribution in [-0.4, -0.2) is 34.5 Å². The first-order valence-electron chi connectivity index (χ1n) is 12.2. The minimum Gasteiger partial charge on any atom is -0.495 e. The number of sulfonamides is 1. The molecule has 3 atom stereocenters. The number of carbonyl (C=O) groups is 1. The van der Waals surface area contributed by atoms with Crippen molar-refractivity contribution in [3.63, 3.8) is 0 Å². The van der Waals surface area contributed by atoms with Crippen molar-refractivity contribution in [2.24, 2.45) is 17.8 Å². The minimum absolute atomic E-state index is 0.0471. The zero-order chi connectivity index (χ0) is 24.3. The number of methoxy groups -OCH3 is 1. The van der Waals surface area contributed by atoms with Crippen LogP contribution in [0.4, 0.5) is 17.1 Å². The lowest BCUT2D eigenvalue weighted by molar-refractivity contribution is -0.117. The summed E-state index contributed by atoms with van der Waals surface area (Å²) in [6.07, 6.45) is 5.43. The largest absolute Gasteiger partial charge is 0.495 e. The van der Waals surface area contributed by atoms with Gasteiger partial charge in [-0.05, 0) is 81.2 Å². The van der Waals surface area contributed by atoms with Gasteiger partial charge in [-0.2, -0.15) is 0 Å². The summed E-state index contributed by atoms with van der Waals surface area (Å²) in [5, 5.41) is 2.96. The normalized spacial score (nSPS) is 21.3. The zero-order valence-electron chi connectivity index (χ0n) is 20.2. The molecule has 0 spiro atoms. The molecule has 4 rings (SSSR count). The second-order valence-corrected chi connectivity index (χ2v) is 11.0. The first-order chi connectivity index (χ1) is 16.3. The van der Waals surface area contributed by atoms with E-state index in [-0.39, 0.29) is 10.8 Å². The van der Waals surface area contributed by atoms with E-state index in [2.05, 4.69) is 10.0 Å². The molecule has 2 aliphatic carbocycles. The molecule has 2 N–H and O–H groups in total. The molecule has 0 aromatic heterocycles.